The van der Waals surface area contributed by atoms with Gasteiger partial charge >= 0.3 is 11.9 Å². The second kappa shape index (κ2) is 7.69. The largest absolute Gasteiger partial charge is 0.480 e. The second-order valence-corrected chi connectivity index (χ2v) is 6.20. The Morgan fingerprint density at radius 3 is 2.67 bits per heavy atom. The van der Waals surface area contributed by atoms with Crippen molar-refractivity contribution in [1.82, 2.24) is 9.03 Å². The number of nitrogens with zero attached hydrogens (tertiary/aromatic N) is 1. The van der Waals surface area contributed by atoms with Gasteiger partial charge in [0.05, 0.1) is 6.61 Å². The minimum atomic E-state index is -4.15. The van der Waals surface area contributed by atoms with E-state index >= 15 is 0 Å². The van der Waals surface area contributed by atoms with E-state index < -0.39 is 40.8 Å². The molecular formula is C11H20N2O7S. The Morgan fingerprint density at radius 1 is 1.48 bits per heavy atom. The highest BCUT2D eigenvalue weighted by atomic mass is 32.2. The molecule has 0 bridgehead atoms. The molecule has 21 heavy (non-hydrogen) atoms. The van der Waals surface area contributed by atoms with Crippen molar-refractivity contribution in [2.75, 3.05) is 19.8 Å². The van der Waals surface area contributed by atoms with Crippen LogP contribution in [0.4, 0.5) is 0 Å². The van der Waals surface area contributed by atoms with Crippen molar-refractivity contribution < 1.29 is 33.0 Å². The summed E-state index contributed by atoms with van der Waals surface area (Å²) < 4.78 is 32.1. The maximum absolute atomic E-state index is 12.2. The summed E-state index contributed by atoms with van der Waals surface area (Å²) in [5.74, 6) is -2.03. The quantitative estimate of drug-likeness (QED) is 0.472. The molecule has 1 fully saturated rings. The Bertz CT molecular complexity index is 479. The third-order valence-corrected chi connectivity index (χ3v) is 4.72. The molecule has 1 unspecified atom stereocenters. The van der Waals surface area contributed by atoms with Gasteiger partial charge in [-0.05, 0) is 26.2 Å². The van der Waals surface area contributed by atoms with Crippen molar-refractivity contribution >= 4 is 22.1 Å². The highest BCUT2D eigenvalue weighted by molar-refractivity contribution is 7.87. The van der Waals surface area contributed by atoms with Gasteiger partial charge in [0, 0.05) is 13.2 Å². The molecule has 9 nitrogen and oxygen atoms in total. The predicted octanol–water partition coefficient (Wildman–Crippen LogP) is -1.32. The molecule has 0 aromatic rings. The van der Waals surface area contributed by atoms with E-state index in [9.17, 15) is 18.0 Å². The van der Waals surface area contributed by atoms with Crippen LogP contribution in [0.5, 0.6) is 0 Å². The van der Waals surface area contributed by atoms with Gasteiger partial charge in [-0.3, -0.25) is 9.59 Å². The van der Waals surface area contributed by atoms with Crippen LogP contribution in [-0.4, -0.2) is 66.7 Å². The average Bonchev–Trinajstić information content (AvgIpc) is 2.88. The van der Waals surface area contributed by atoms with Crippen molar-refractivity contribution in [3.8, 4) is 0 Å². The van der Waals surface area contributed by atoms with Crippen LogP contribution in [0.3, 0.4) is 0 Å². The topological polar surface area (TPSA) is 133 Å². The standard InChI is InChI=1S/C11H20N2O7S/c1-2-20-11(17)9-4-3-6-13(9)21(18,19)12-8(5-7-14)10(15)16/h8-9,12,14H,2-7H2,1H3,(H,15,16)/t8-,9?/m1/s1. The summed E-state index contributed by atoms with van der Waals surface area (Å²) in [6.45, 7) is 1.40. The van der Waals surface area contributed by atoms with Gasteiger partial charge in [0.15, 0.2) is 0 Å². The number of hydrogen-bond acceptors (Lipinski definition) is 6. The molecule has 10 heteroatoms. The van der Waals surface area contributed by atoms with Crippen molar-refractivity contribution in [2.45, 2.75) is 38.3 Å². The number of carboxylic acid groups (broad SMARTS) is 1. The normalized spacial score (nSPS) is 21.1. The van der Waals surface area contributed by atoms with Crippen molar-refractivity contribution in [2.24, 2.45) is 0 Å². The van der Waals surface area contributed by atoms with Crippen LogP contribution in [0, 0.1) is 0 Å². The van der Waals surface area contributed by atoms with Crippen molar-refractivity contribution in [3.63, 3.8) is 0 Å². The zero-order valence-electron chi connectivity index (χ0n) is 11.7. The van der Waals surface area contributed by atoms with E-state index in [0.717, 1.165) is 4.31 Å². The first kappa shape index (κ1) is 17.8. The average molecular weight is 324 g/mol. The Morgan fingerprint density at radius 2 is 2.14 bits per heavy atom. The third kappa shape index (κ3) is 4.63. The molecule has 0 saturated carbocycles. The maximum atomic E-state index is 12.2. The molecule has 1 rings (SSSR count). The van der Waals surface area contributed by atoms with Crippen LogP contribution in [0.2, 0.25) is 0 Å². The number of aliphatic carboxylic acids is 1. The number of carbonyl (C=O) groups is 2. The first-order chi connectivity index (χ1) is 9.83. The highest BCUT2D eigenvalue weighted by Crippen LogP contribution is 2.21. The Labute approximate surface area is 123 Å². The summed E-state index contributed by atoms with van der Waals surface area (Å²) in [5, 5.41) is 17.7. The fraction of sp³-hybridized carbons (Fsp3) is 0.818. The monoisotopic (exact) mass is 324 g/mol. The van der Waals surface area contributed by atoms with Gasteiger partial charge in [-0.15, -0.1) is 0 Å². The van der Waals surface area contributed by atoms with Gasteiger partial charge in [-0.25, -0.2) is 0 Å². The van der Waals surface area contributed by atoms with E-state index in [-0.39, 0.29) is 19.6 Å². The molecule has 0 spiro atoms. The van der Waals surface area contributed by atoms with E-state index in [4.69, 9.17) is 14.9 Å². The lowest BCUT2D eigenvalue weighted by Crippen LogP contribution is -2.51. The van der Waals surface area contributed by atoms with E-state index in [1.165, 1.54) is 0 Å². The number of hydrogen-bond donors (Lipinski definition) is 3. The van der Waals surface area contributed by atoms with Crippen LogP contribution in [-0.2, 0) is 24.5 Å². The molecule has 2 atom stereocenters. The van der Waals surface area contributed by atoms with E-state index in [0.29, 0.717) is 12.8 Å². The van der Waals surface area contributed by atoms with E-state index in [1.54, 1.807) is 6.92 Å². The molecule has 1 aliphatic rings. The first-order valence-electron chi connectivity index (χ1n) is 6.62. The van der Waals surface area contributed by atoms with Crippen LogP contribution in [0.1, 0.15) is 26.2 Å². The zero-order chi connectivity index (χ0) is 16.0. The summed E-state index contributed by atoms with van der Waals surface area (Å²) in [6, 6.07) is -2.38. The summed E-state index contributed by atoms with van der Waals surface area (Å²) in [4.78, 5) is 22.7. The summed E-state index contributed by atoms with van der Waals surface area (Å²) in [6.07, 6.45) is 0.562. The minimum Gasteiger partial charge on any atom is -0.480 e. The van der Waals surface area contributed by atoms with Crippen LogP contribution >= 0.6 is 0 Å². The molecule has 3 N–H and O–H groups in total. The smallest absolute Gasteiger partial charge is 0.324 e. The highest BCUT2D eigenvalue weighted by Gasteiger charge is 2.41. The van der Waals surface area contributed by atoms with Gasteiger partial charge in [0.1, 0.15) is 12.1 Å². The molecule has 0 aromatic carbocycles. The van der Waals surface area contributed by atoms with E-state index in [1.807, 2.05) is 4.72 Å². The number of nitrogens with one attached hydrogen (secondary N) is 1. The number of esters is 1. The lowest BCUT2D eigenvalue weighted by molar-refractivity contribution is -0.146. The number of rotatable bonds is 8. The first-order valence-corrected chi connectivity index (χ1v) is 8.07. The van der Waals surface area contributed by atoms with E-state index in [2.05, 4.69) is 0 Å². The summed E-state index contributed by atoms with van der Waals surface area (Å²) in [5.41, 5.74) is 0. The molecule has 0 aromatic heterocycles. The fourth-order valence-electron chi connectivity index (χ4n) is 2.11. The molecule has 1 aliphatic heterocycles. The molecule has 0 aliphatic carbocycles. The van der Waals surface area contributed by atoms with Crippen LogP contribution < -0.4 is 4.72 Å². The van der Waals surface area contributed by atoms with Crippen molar-refractivity contribution in [1.29, 1.82) is 0 Å². The van der Waals surface area contributed by atoms with Crippen molar-refractivity contribution in [3.05, 3.63) is 0 Å². The van der Waals surface area contributed by atoms with Crippen LogP contribution in [0.15, 0.2) is 0 Å². The Kier molecular flexibility index (Phi) is 6.52. The van der Waals surface area contributed by atoms with Crippen LogP contribution in [0.25, 0.3) is 0 Å². The molecule has 122 valence electrons. The summed E-state index contributed by atoms with van der Waals surface area (Å²) >= 11 is 0. The summed E-state index contributed by atoms with van der Waals surface area (Å²) in [7, 11) is -4.15. The maximum Gasteiger partial charge on any atom is 0.324 e. The second-order valence-electron chi connectivity index (χ2n) is 4.55. The number of carbonyl (C=O) groups excluding carboxylic acids is 1. The predicted molar refractivity (Wildman–Crippen MR) is 71.5 cm³/mol. The minimum absolute atomic E-state index is 0.115. The molecule has 1 saturated heterocycles. The fourth-order valence-corrected chi connectivity index (χ4v) is 3.72. The molecular weight excluding hydrogens is 304 g/mol. The van der Waals surface area contributed by atoms with Gasteiger partial charge in [-0.1, -0.05) is 0 Å². The lowest BCUT2D eigenvalue weighted by Gasteiger charge is -2.24. The zero-order valence-corrected chi connectivity index (χ0v) is 12.5. The van der Waals surface area contributed by atoms with Gasteiger partial charge in [0.25, 0.3) is 10.2 Å². The Hall–Kier alpha value is -1.23. The number of aliphatic hydroxyl groups is 1. The lowest BCUT2D eigenvalue weighted by atomic mass is 10.2. The molecule has 1 heterocycles. The number of ether oxygens (including phenoxy) is 1. The SMILES string of the molecule is CCOC(=O)C1CCCN1S(=O)(=O)N[C@H](CCO)C(=O)O. The molecule has 0 radical (unpaired) electrons. The number of aliphatic hydroxyl groups excluding tert-OH is 1. The van der Waals surface area contributed by atoms with Gasteiger partial charge in [-0.2, -0.15) is 17.4 Å². The Balaban J connectivity index is 2.85. The third-order valence-electron chi connectivity index (χ3n) is 3.08. The van der Waals surface area contributed by atoms with Gasteiger partial charge < -0.3 is 14.9 Å². The number of carboxylic acids is 1. The molecule has 0 amide bonds. The van der Waals surface area contributed by atoms with Gasteiger partial charge in [0.2, 0.25) is 0 Å².